The highest BCUT2D eigenvalue weighted by atomic mass is 16.6. The number of allylic oxidation sites excluding steroid dienone is 2. The second-order valence-electron chi connectivity index (χ2n) is 8.29. The molecule has 2 aliphatic rings. The summed E-state index contributed by atoms with van der Waals surface area (Å²) in [4.78, 5) is 28.8. The summed E-state index contributed by atoms with van der Waals surface area (Å²) < 4.78 is 18.0. The third kappa shape index (κ3) is 3.74. The van der Waals surface area contributed by atoms with Crippen molar-refractivity contribution in [3.05, 3.63) is 75.2 Å². The number of fused-ring (bicyclic) bond motifs is 1. The summed E-state index contributed by atoms with van der Waals surface area (Å²) in [7, 11) is 4.64. The van der Waals surface area contributed by atoms with Crippen LogP contribution in [0.1, 0.15) is 35.9 Å². The van der Waals surface area contributed by atoms with Gasteiger partial charge in [0.2, 0.25) is 11.7 Å². The number of anilines is 1. The zero-order valence-electron chi connectivity index (χ0n) is 19.3. The van der Waals surface area contributed by atoms with E-state index in [-0.39, 0.29) is 23.8 Å². The number of hydrogen-bond acceptors (Lipinski definition) is 9. The molecule has 2 aromatic carbocycles. The van der Waals surface area contributed by atoms with Crippen molar-refractivity contribution in [2.24, 2.45) is 0 Å². The Hall–Kier alpha value is -4.41. The van der Waals surface area contributed by atoms with E-state index >= 15 is 0 Å². The zero-order chi connectivity index (χ0) is 24.7. The minimum atomic E-state index is -0.614. The first kappa shape index (κ1) is 22.4. The van der Waals surface area contributed by atoms with E-state index in [2.05, 4.69) is 15.4 Å². The van der Waals surface area contributed by atoms with Gasteiger partial charge in [0.15, 0.2) is 17.3 Å². The maximum absolute atomic E-state index is 13.6. The number of nitrogens with zero attached hydrogens (tertiary/aromatic N) is 4. The largest absolute Gasteiger partial charge is 0.493 e. The van der Waals surface area contributed by atoms with Crippen LogP contribution in [0.25, 0.3) is 0 Å². The predicted octanol–water partition coefficient (Wildman–Crippen LogP) is 3.63. The van der Waals surface area contributed by atoms with Gasteiger partial charge in [0.1, 0.15) is 12.4 Å². The van der Waals surface area contributed by atoms with Gasteiger partial charge in [0, 0.05) is 29.8 Å². The Bertz CT molecular complexity index is 1340. The Morgan fingerprint density at radius 3 is 2.46 bits per heavy atom. The van der Waals surface area contributed by atoms with E-state index in [0.29, 0.717) is 40.8 Å². The first-order valence-electron chi connectivity index (χ1n) is 10.9. The number of carbonyl (C=O) groups excluding carboxylic acids is 1. The lowest BCUT2D eigenvalue weighted by molar-refractivity contribution is -0.384. The van der Waals surface area contributed by atoms with Crippen LogP contribution >= 0.6 is 0 Å². The van der Waals surface area contributed by atoms with Gasteiger partial charge in [-0.2, -0.15) is 10.1 Å². The molecular weight excluding hydrogens is 454 g/mol. The van der Waals surface area contributed by atoms with E-state index in [1.807, 2.05) is 12.1 Å². The van der Waals surface area contributed by atoms with Crippen LogP contribution in [-0.2, 0) is 4.79 Å². The standard InChI is InChI=1S/C24H23N5O6/c1-33-19-10-15(11-20(34-2)23(19)35-3)14-8-17-21(18(30)9-14)22(28-24(27-17)25-12-26-28)13-5-4-6-16(7-13)29(31)32/h4-7,10-12,14,22H,8-9H2,1-3H3,(H,25,26,27)/t14-,22+/m1/s1. The lowest BCUT2D eigenvalue weighted by Crippen LogP contribution is -2.33. The van der Waals surface area contributed by atoms with Gasteiger partial charge in [0.05, 0.1) is 26.3 Å². The summed E-state index contributed by atoms with van der Waals surface area (Å²) in [5.41, 5.74) is 2.67. The van der Waals surface area contributed by atoms with Crippen LogP contribution < -0.4 is 19.5 Å². The Balaban J connectivity index is 1.58. The van der Waals surface area contributed by atoms with Gasteiger partial charge >= 0.3 is 0 Å². The molecule has 5 rings (SSSR count). The fourth-order valence-electron chi connectivity index (χ4n) is 4.84. The number of nitro benzene ring substituents is 1. The summed E-state index contributed by atoms with van der Waals surface area (Å²) in [5.74, 6) is 1.76. The van der Waals surface area contributed by atoms with Gasteiger partial charge in [-0.15, -0.1) is 0 Å². The monoisotopic (exact) mass is 477 g/mol. The molecule has 0 saturated heterocycles. The molecule has 0 radical (unpaired) electrons. The lowest BCUT2D eigenvalue weighted by Gasteiger charge is -2.35. The molecule has 1 aliphatic carbocycles. The summed E-state index contributed by atoms with van der Waals surface area (Å²) in [5, 5.41) is 18.9. The average Bonchev–Trinajstić information content (AvgIpc) is 3.34. The SMILES string of the molecule is COc1cc([C@H]2CC(=O)C3=C(C2)Nc2ncnn2[C@H]3c2cccc([N+](=O)[O-])c2)cc(OC)c1OC. The Kier molecular flexibility index (Phi) is 5.59. The van der Waals surface area contributed by atoms with E-state index in [0.717, 1.165) is 11.3 Å². The van der Waals surface area contributed by atoms with Gasteiger partial charge in [-0.1, -0.05) is 12.1 Å². The fourth-order valence-corrected chi connectivity index (χ4v) is 4.84. The smallest absolute Gasteiger partial charge is 0.269 e. The van der Waals surface area contributed by atoms with E-state index in [9.17, 15) is 14.9 Å². The van der Waals surface area contributed by atoms with Crippen LogP contribution in [0.2, 0.25) is 0 Å². The summed E-state index contributed by atoms with van der Waals surface area (Å²) in [6.45, 7) is 0. The van der Waals surface area contributed by atoms with Crippen molar-refractivity contribution in [2.45, 2.75) is 24.8 Å². The minimum Gasteiger partial charge on any atom is -0.493 e. The first-order valence-corrected chi connectivity index (χ1v) is 10.9. The molecule has 2 heterocycles. The first-order chi connectivity index (χ1) is 16.9. The van der Waals surface area contributed by atoms with Crippen LogP contribution in [-0.4, -0.2) is 46.8 Å². The lowest BCUT2D eigenvalue weighted by atomic mass is 9.77. The summed E-state index contributed by atoms with van der Waals surface area (Å²) >= 11 is 0. The fraction of sp³-hybridized carbons (Fsp3) is 0.292. The number of carbonyl (C=O) groups is 1. The van der Waals surface area contributed by atoms with Crippen molar-refractivity contribution in [3.63, 3.8) is 0 Å². The van der Waals surface area contributed by atoms with E-state index in [4.69, 9.17) is 14.2 Å². The van der Waals surface area contributed by atoms with Crippen LogP contribution in [0.4, 0.5) is 11.6 Å². The van der Waals surface area contributed by atoms with Crippen molar-refractivity contribution >= 4 is 17.4 Å². The van der Waals surface area contributed by atoms with Crippen LogP contribution in [0.15, 0.2) is 54.0 Å². The number of nitro groups is 1. The highest BCUT2D eigenvalue weighted by Gasteiger charge is 2.40. The number of aromatic nitrogens is 3. The maximum Gasteiger partial charge on any atom is 0.269 e. The normalized spacial score (nSPS) is 18.9. The highest BCUT2D eigenvalue weighted by molar-refractivity contribution is 6.00. The Morgan fingerprint density at radius 2 is 1.80 bits per heavy atom. The second-order valence-corrected chi connectivity index (χ2v) is 8.29. The van der Waals surface area contributed by atoms with Crippen LogP contribution in [0, 0.1) is 10.1 Å². The van der Waals surface area contributed by atoms with Crippen molar-refractivity contribution in [1.82, 2.24) is 14.8 Å². The van der Waals surface area contributed by atoms with E-state index in [1.165, 1.54) is 25.6 Å². The molecule has 35 heavy (non-hydrogen) atoms. The van der Waals surface area contributed by atoms with Gasteiger partial charge in [-0.05, 0) is 35.6 Å². The number of rotatable bonds is 6. The number of ether oxygens (including phenoxy) is 3. The highest BCUT2D eigenvalue weighted by Crippen LogP contribution is 2.47. The van der Waals surface area contributed by atoms with Gasteiger partial charge in [-0.3, -0.25) is 14.9 Å². The number of benzene rings is 2. The molecule has 1 aliphatic heterocycles. The molecule has 3 aromatic rings. The van der Waals surface area contributed by atoms with Crippen molar-refractivity contribution in [2.75, 3.05) is 26.6 Å². The Labute approximate surface area is 200 Å². The molecule has 0 spiro atoms. The van der Waals surface area contributed by atoms with Gasteiger partial charge < -0.3 is 19.5 Å². The molecule has 11 heteroatoms. The molecule has 0 saturated carbocycles. The summed E-state index contributed by atoms with van der Waals surface area (Å²) in [6, 6.07) is 9.37. The molecule has 180 valence electrons. The topological polar surface area (TPSA) is 131 Å². The Morgan fingerprint density at radius 1 is 1.06 bits per heavy atom. The molecular formula is C24H23N5O6. The number of nitrogens with one attached hydrogen (secondary N) is 1. The molecule has 0 fully saturated rings. The molecule has 1 N–H and O–H groups in total. The van der Waals surface area contributed by atoms with Crippen molar-refractivity contribution in [3.8, 4) is 17.2 Å². The quantitative estimate of drug-likeness (QED) is 0.418. The van der Waals surface area contributed by atoms with Crippen LogP contribution in [0.3, 0.4) is 0 Å². The number of hydrogen-bond donors (Lipinski definition) is 1. The number of non-ortho nitro benzene ring substituents is 1. The van der Waals surface area contributed by atoms with E-state index < -0.39 is 11.0 Å². The third-order valence-electron chi connectivity index (χ3n) is 6.42. The molecule has 1 aromatic heterocycles. The van der Waals surface area contributed by atoms with Crippen LogP contribution in [0.5, 0.6) is 17.2 Å². The van der Waals surface area contributed by atoms with Crippen molar-refractivity contribution < 1.29 is 23.9 Å². The van der Waals surface area contributed by atoms with Gasteiger partial charge in [0.25, 0.3) is 5.69 Å². The number of methoxy groups -OCH3 is 3. The average molecular weight is 477 g/mol. The van der Waals surface area contributed by atoms with Crippen molar-refractivity contribution in [1.29, 1.82) is 0 Å². The molecule has 11 nitrogen and oxygen atoms in total. The maximum atomic E-state index is 13.6. The van der Waals surface area contributed by atoms with E-state index in [1.54, 1.807) is 31.0 Å². The molecule has 0 unspecified atom stereocenters. The van der Waals surface area contributed by atoms with Gasteiger partial charge in [-0.25, -0.2) is 4.68 Å². The molecule has 0 amide bonds. The minimum absolute atomic E-state index is 0.0524. The zero-order valence-corrected chi connectivity index (χ0v) is 19.3. The number of ketones is 1. The summed E-state index contributed by atoms with van der Waals surface area (Å²) in [6.07, 6.45) is 2.17. The molecule has 0 bridgehead atoms. The second kappa shape index (κ2) is 8.75. The third-order valence-corrected chi connectivity index (χ3v) is 6.42. The predicted molar refractivity (Wildman–Crippen MR) is 125 cm³/mol. The number of Topliss-reactive ketones (excluding diaryl/α,β-unsaturated/α-hetero) is 1. The molecule has 2 atom stereocenters.